The molecule has 1 N–H and O–H groups in total. The molecular weight excluding hydrogens is 218 g/mol. The van der Waals surface area contributed by atoms with Crippen LogP contribution in [0.2, 0.25) is 0 Å². The Bertz CT molecular complexity index is 366. The standard InChI is InChI=1S/C17H27N/c1-5-18-17(16-10-13(16)4)11-14-6-8-15(9-7-14)12(2)3/h6-9,12-13,16-18H,5,10-11H2,1-4H3. The Balaban J connectivity index is 1.98. The summed E-state index contributed by atoms with van der Waals surface area (Å²) in [7, 11) is 0. The van der Waals surface area contributed by atoms with Crippen molar-refractivity contribution >= 4 is 0 Å². The van der Waals surface area contributed by atoms with Gasteiger partial charge in [-0.15, -0.1) is 0 Å². The van der Waals surface area contributed by atoms with Crippen LogP contribution in [-0.2, 0) is 6.42 Å². The molecule has 1 saturated carbocycles. The second-order valence-corrected chi connectivity index (χ2v) is 6.14. The van der Waals surface area contributed by atoms with E-state index in [0.717, 1.165) is 18.4 Å². The molecule has 3 unspecified atom stereocenters. The van der Waals surface area contributed by atoms with E-state index >= 15 is 0 Å². The van der Waals surface area contributed by atoms with Crippen LogP contribution in [0, 0.1) is 11.8 Å². The monoisotopic (exact) mass is 245 g/mol. The predicted octanol–water partition coefficient (Wildman–Crippen LogP) is 3.99. The molecule has 100 valence electrons. The first-order valence-corrected chi connectivity index (χ1v) is 7.44. The Labute approximate surface area is 112 Å². The Morgan fingerprint density at radius 1 is 1.22 bits per heavy atom. The summed E-state index contributed by atoms with van der Waals surface area (Å²) in [6, 6.07) is 9.88. The lowest BCUT2D eigenvalue weighted by Gasteiger charge is -2.18. The molecule has 0 amide bonds. The zero-order chi connectivity index (χ0) is 13.1. The zero-order valence-electron chi connectivity index (χ0n) is 12.2. The molecule has 1 aromatic rings. The van der Waals surface area contributed by atoms with E-state index in [2.05, 4.69) is 57.3 Å². The number of nitrogens with one attached hydrogen (secondary N) is 1. The SMILES string of the molecule is CCNC(Cc1ccc(C(C)C)cc1)C1CC1C. The summed E-state index contributed by atoms with van der Waals surface area (Å²) in [5.41, 5.74) is 2.92. The first-order valence-electron chi connectivity index (χ1n) is 7.44. The molecule has 1 aromatic carbocycles. The molecule has 2 rings (SSSR count). The van der Waals surface area contributed by atoms with E-state index in [0.29, 0.717) is 12.0 Å². The third-order valence-corrected chi connectivity index (χ3v) is 4.26. The lowest BCUT2D eigenvalue weighted by molar-refractivity contribution is 0.454. The number of hydrogen-bond acceptors (Lipinski definition) is 1. The first-order chi connectivity index (χ1) is 8.61. The van der Waals surface area contributed by atoms with E-state index < -0.39 is 0 Å². The van der Waals surface area contributed by atoms with Crippen LogP contribution < -0.4 is 5.32 Å². The van der Waals surface area contributed by atoms with Gasteiger partial charge in [0.05, 0.1) is 0 Å². The van der Waals surface area contributed by atoms with E-state index in [1.165, 1.54) is 24.0 Å². The van der Waals surface area contributed by atoms with Gasteiger partial charge in [0.1, 0.15) is 0 Å². The molecule has 0 aliphatic heterocycles. The average molecular weight is 245 g/mol. The summed E-state index contributed by atoms with van der Waals surface area (Å²) >= 11 is 0. The Hall–Kier alpha value is -0.820. The highest BCUT2D eigenvalue weighted by molar-refractivity contribution is 5.25. The van der Waals surface area contributed by atoms with Crippen LogP contribution in [0.25, 0.3) is 0 Å². The number of likely N-dealkylation sites (N-methyl/N-ethyl adjacent to an activating group) is 1. The number of rotatable bonds is 6. The van der Waals surface area contributed by atoms with Gasteiger partial charge in [0, 0.05) is 6.04 Å². The largest absolute Gasteiger partial charge is 0.314 e. The van der Waals surface area contributed by atoms with E-state index in [4.69, 9.17) is 0 Å². The van der Waals surface area contributed by atoms with Gasteiger partial charge in [0.25, 0.3) is 0 Å². The number of hydrogen-bond donors (Lipinski definition) is 1. The highest BCUT2D eigenvalue weighted by Gasteiger charge is 2.38. The first kappa shape index (κ1) is 13.6. The van der Waals surface area contributed by atoms with Crippen molar-refractivity contribution in [2.24, 2.45) is 11.8 Å². The zero-order valence-corrected chi connectivity index (χ0v) is 12.2. The minimum atomic E-state index is 0.632. The average Bonchev–Trinajstić information content (AvgIpc) is 3.06. The molecule has 0 saturated heterocycles. The summed E-state index contributed by atoms with van der Waals surface area (Å²) in [4.78, 5) is 0. The fourth-order valence-corrected chi connectivity index (χ4v) is 2.84. The molecule has 1 aliphatic rings. The third kappa shape index (κ3) is 3.35. The second kappa shape index (κ2) is 5.88. The van der Waals surface area contributed by atoms with Gasteiger partial charge < -0.3 is 5.32 Å². The molecular formula is C17H27N. The van der Waals surface area contributed by atoms with Crippen LogP contribution in [0.15, 0.2) is 24.3 Å². The van der Waals surface area contributed by atoms with Gasteiger partial charge in [-0.2, -0.15) is 0 Å². The second-order valence-electron chi connectivity index (χ2n) is 6.14. The van der Waals surface area contributed by atoms with Gasteiger partial charge in [-0.1, -0.05) is 52.0 Å². The fraction of sp³-hybridized carbons (Fsp3) is 0.647. The fourth-order valence-electron chi connectivity index (χ4n) is 2.84. The smallest absolute Gasteiger partial charge is 0.0138 e. The van der Waals surface area contributed by atoms with Gasteiger partial charge in [-0.3, -0.25) is 0 Å². The van der Waals surface area contributed by atoms with Crippen molar-refractivity contribution in [2.45, 2.75) is 52.5 Å². The summed E-state index contributed by atoms with van der Waals surface area (Å²) in [5, 5.41) is 3.66. The molecule has 1 heteroatoms. The van der Waals surface area contributed by atoms with Crippen LogP contribution >= 0.6 is 0 Å². The van der Waals surface area contributed by atoms with E-state index in [-0.39, 0.29) is 0 Å². The quantitative estimate of drug-likeness (QED) is 0.799. The Kier molecular flexibility index (Phi) is 4.45. The minimum Gasteiger partial charge on any atom is -0.314 e. The molecule has 0 bridgehead atoms. The molecule has 0 radical (unpaired) electrons. The maximum atomic E-state index is 3.66. The lowest BCUT2D eigenvalue weighted by atomic mass is 9.97. The summed E-state index contributed by atoms with van der Waals surface area (Å²) in [6.07, 6.45) is 2.59. The summed E-state index contributed by atoms with van der Waals surface area (Å²) in [6.45, 7) is 10.2. The Morgan fingerprint density at radius 3 is 2.28 bits per heavy atom. The summed E-state index contributed by atoms with van der Waals surface area (Å²) < 4.78 is 0. The normalized spacial score (nSPS) is 24.3. The van der Waals surface area contributed by atoms with Crippen molar-refractivity contribution in [3.8, 4) is 0 Å². The molecule has 0 aromatic heterocycles. The molecule has 1 fully saturated rings. The summed E-state index contributed by atoms with van der Waals surface area (Å²) in [5.74, 6) is 2.45. The van der Waals surface area contributed by atoms with Gasteiger partial charge in [-0.25, -0.2) is 0 Å². The predicted molar refractivity (Wildman–Crippen MR) is 79.0 cm³/mol. The lowest BCUT2D eigenvalue weighted by Crippen LogP contribution is -2.33. The van der Waals surface area contributed by atoms with Crippen LogP contribution in [0.4, 0.5) is 0 Å². The van der Waals surface area contributed by atoms with Crippen LogP contribution in [0.3, 0.4) is 0 Å². The molecule has 1 aliphatic carbocycles. The van der Waals surface area contributed by atoms with Crippen molar-refractivity contribution in [2.75, 3.05) is 6.54 Å². The van der Waals surface area contributed by atoms with Crippen molar-refractivity contribution in [1.29, 1.82) is 0 Å². The minimum absolute atomic E-state index is 0.632. The van der Waals surface area contributed by atoms with Crippen molar-refractivity contribution in [3.05, 3.63) is 35.4 Å². The van der Waals surface area contributed by atoms with Gasteiger partial charge in [0.2, 0.25) is 0 Å². The number of benzene rings is 1. The highest BCUT2D eigenvalue weighted by Crippen LogP contribution is 2.41. The maximum absolute atomic E-state index is 3.66. The Morgan fingerprint density at radius 2 is 1.83 bits per heavy atom. The van der Waals surface area contributed by atoms with Crippen molar-refractivity contribution < 1.29 is 0 Å². The molecule has 0 spiro atoms. The van der Waals surface area contributed by atoms with Gasteiger partial charge >= 0.3 is 0 Å². The van der Waals surface area contributed by atoms with E-state index in [1.54, 1.807) is 0 Å². The van der Waals surface area contributed by atoms with Crippen LogP contribution in [-0.4, -0.2) is 12.6 Å². The molecule has 1 nitrogen and oxygen atoms in total. The maximum Gasteiger partial charge on any atom is 0.0138 e. The van der Waals surface area contributed by atoms with Gasteiger partial charge in [-0.05, 0) is 48.3 Å². The van der Waals surface area contributed by atoms with E-state index in [1.807, 2.05) is 0 Å². The molecule has 18 heavy (non-hydrogen) atoms. The van der Waals surface area contributed by atoms with E-state index in [9.17, 15) is 0 Å². The van der Waals surface area contributed by atoms with Crippen molar-refractivity contribution in [1.82, 2.24) is 5.32 Å². The van der Waals surface area contributed by atoms with Crippen LogP contribution in [0.5, 0.6) is 0 Å². The van der Waals surface area contributed by atoms with Crippen LogP contribution in [0.1, 0.15) is 51.2 Å². The van der Waals surface area contributed by atoms with Crippen molar-refractivity contribution in [3.63, 3.8) is 0 Å². The van der Waals surface area contributed by atoms with Gasteiger partial charge in [0.15, 0.2) is 0 Å². The molecule has 3 atom stereocenters. The third-order valence-electron chi connectivity index (χ3n) is 4.26. The molecule has 0 heterocycles. The highest BCUT2D eigenvalue weighted by atomic mass is 14.9. The topological polar surface area (TPSA) is 12.0 Å².